The predicted octanol–water partition coefficient (Wildman–Crippen LogP) is 3.61. The molecule has 5 heteroatoms. The fourth-order valence-corrected chi connectivity index (χ4v) is 3.15. The van der Waals surface area contributed by atoms with Crippen molar-refractivity contribution in [3.63, 3.8) is 0 Å². The van der Waals surface area contributed by atoms with E-state index in [0.717, 1.165) is 11.1 Å². The number of hydrogen-bond acceptors (Lipinski definition) is 3. The van der Waals surface area contributed by atoms with Crippen LogP contribution in [0.2, 0.25) is 0 Å². The molecule has 1 unspecified atom stereocenters. The summed E-state index contributed by atoms with van der Waals surface area (Å²) in [5.74, 6) is -0.850. The van der Waals surface area contributed by atoms with E-state index in [2.05, 4.69) is 0 Å². The van der Waals surface area contributed by atoms with Gasteiger partial charge in [-0.2, -0.15) is 0 Å². The largest absolute Gasteiger partial charge is 0.481 e. The Kier molecular flexibility index (Phi) is 5.33. The van der Waals surface area contributed by atoms with Crippen molar-refractivity contribution in [1.82, 2.24) is 4.90 Å². The van der Waals surface area contributed by atoms with Crippen molar-refractivity contribution in [2.45, 2.75) is 38.5 Å². The highest BCUT2D eigenvalue weighted by Crippen LogP contribution is 2.26. The van der Waals surface area contributed by atoms with Gasteiger partial charge in [0.05, 0.1) is 0 Å². The molecule has 0 saturated carbocycles. The molecule has 0 spiro atoms. The summed E-state index contributed by atoms with van der Waals surface area (Å²) in [5.41, 5.74) is 3.19. The van der Waals surface area contributed by atoms with E-state index < -0.39 is 12.1 Å². The van der Waals surface area contributed by atoms with Crippen molar-refractivity contribution in [1.29, 1.82) is 0 Å². The number of carbonyl (C=O) groups excluding carboxylic acids is 1. The summed E-state index contributed by atoms with van der Waals surface area (Å²) in [6.45, 7) is 0.664. The second-order valence-corrected chi connectivity index (χ2v) is 6.23. The van der Waals surface area contributed by atoms with Gasteiger partial charge in [0.2, 0.25) is 0 Å². The molecule has 1 atom stereocenters. The van der Waals surface area contributed by atoms with Crippen molar-refractivity contribution >= 4 is 12.1 Å². The van der Waals surface area contributed by atoms with Crippen molar-refractivity contribution in [2.75, 3.05) is 0 Å². The van der Waals surface area contributed by atoms with Crippen LogP contribution in [0.3, 0.4) is 0 Å². The van der Waals surface area contributed by atoms with Crippen LogP contribution < -0.4 is 0 Å². The molecule has 0 aromatic heterocycles. The van der Waals surface area contributed by atoms with E-state index >= 15 is 0 Å². The molecule has 0 bridgehead atoms. The fraction of sp³-hybridized carbons (Fsp3) is 0.300. The summed E-state index contributed by atoms with van der Waals surface area (Å²) in [7, 11) is 0. The van der Waals surface area contributed by atoms with Gasteiger partial charge in [0.15, 0.2) is 0 Å². The predicted molar refractivity (Wildman–Crippen MR) is 93.0 cm³/mol. The summed E-state index contributed by atoms with van der Waals surface area (Å²) in [5, 5.41) is 8.98. The summed E-state index contributed by atoms with van der Waals surface area (Å²) >= 11 is 0. The SMILES string of the molecule is O=C(O)CCC1Cc2ccccc2CN1C(=O)OCc1ccccc1. The molecule has 3 rings (SSSR count). The maximum atomic E-state index is 12.6. The van der Waals surface area contributed by atoms with E-state index in [1.165, 1.54) is 5.56 Å². The first-order valence-corrected chi connectivity index (χ1v) is 8.39. The zero-order valence-corrected chi connectivity index (χ0v) is 13.9. The summed E-state index contributed by atoms with van der Waals surface area (Å²) in [4.78, 5) is 25.2. The summed E-state index contributed by atoms with van der Waals surface area (Å²) in [6.07, 6.45) is 0.720. The number of carboxylic acids is 1. The van der Waals surface area contributed by atoms with Crippen molar-refractivity contribution in [2.24, 2.45) is 0 Å². The second-order valence-electron chi connectivity index (χ2n) is 6.23. The molecule has 2 aromatic carbocycles. The van der Waals surface area contributed by atoms with Crippen molar-refractivity contribution in [3.05, 3.63) is 71.3 Å². The molecule has 0 fully saturated rings. The third kappa shape index (κ3) is 4.38. The van der Waals surface area contributed by atoms with E-state index in [-0.39, 0.29) is 19.1 Å². The van der Waals surface area contributed by atoms with Gasteiger partial charge in [-0.15, -0.1) is 0 Å². The molecule has 5 nitrogen and oxygen atoms in total. The monoisotopic (exact) mass is 339 g/mol. The van der Waals surface area contributed by atoms with E-state index in [9.17, 15) is 9.59 Å². The number of nitrogens with zero attached hydrogens (tertiary/aromatic N) is 1. The second kappa shape index (κ2) is 7.83. The van der Waals surface area contributed by atoms with Gasteiger partial charge in [0.25, 0.3) is 0 Å². The van der Waals surface area contributed by atoms with Crippen LogP contribution >= 0.6 is 0 Å². The maximum absolute atomic E-state index is 12.6. The summed E-state index contributed by atoms with van der Waals surface area (Å²) in [6, 6.07) is 17.3. The minimum Gasteiger partial charge on any atom is -0.481 e. The van der Waals surface area contributed by atoms with Gasteiger partial charge in [-0.05, 0) is 29.5 Å². The molecule has 0 aliphatic carbocycles. The lowest BCUT2D eigenvalue weighted by Gasteiger charge is -2.36. The number of aliphatic carboxylic acids is 1. The molecule has 1 N–H and O–H groups in total. The molecule has 25 heavy (non-hydrogen) atoms. The van der Waals surface area contributed by atoms with Gasteiger partial charge in [-0.1, -0.05) is 54.6 Å². The molecule has 1 heterocycles. The highest BCUT2D eigenvalue weighted by Gasteiger charge is 2.30. The number of carbonyl (C=O) groups is 2. The molecule has 1 amide bonds. The topological polar surface area (TPSA) is 66.8 Å². The lowest BCUT2D eigenvalue weighted by atomic mass is 9.92. The highest BCUT2D eigenvalue weighted by atomic mass is 16.6. The average molecular weight is 339 g/mol. The van der Waals surface area contributed by atoms with Gasteiger partial charge in [-0.3, -0.25) is 4.79 Å². The smallest absolute Gasteiger partial charge is 0.410 e. The van der Waals surface area contributed by atoms with Crippen LogP contribution in [0, 0.1) is 0 Å². The summed E-state index contributed by atoms with van der Waals surface area (Å²) < 4.78 is 5.46. The standard InChI is InChI=1S/C20H21NO4/c22-19(23)11-10-18-12-16-8-4-5-9-17(16)13-21(18)20(24)25-14-15-6-2-1-3-7-15/h1-9,18H,10-14H2,(H,22,23). The molecular formula is C20H21NO4. The van der Waals surface area contributed by atoms with Crippen LogP contribution in [0.5, 0.6) is 0 Å². The third-order valence-electron chi connectivity index (χ3n) is 4.49. The number of rotatable bonds is 5. The van der Waals surface area contributed by atoms with Crippen LogP contribution in [-0.2, 0) is 29.1 Å². The van der Waals surface area contributed by atoms with Crippen LogP contribution in [0.15, 0.2) is 54.6 Å². The molecule has 2 aromatic rings. The van der Waals surface area contributed by atoms with Gasteiger partial charge >= 0.3 is 12.1 Å². The van der Waals surface area contributed by atoms with Gasteiger partial charge < -0.3 is 14.7 Å². The Morgan fingerprint density at radius 2 is 1.72 bits per heavy atom. The van der Waals surface area contributed by atoms with E-state index in [0.29, 0.717) is 19.4 Å². The Morgan fingerprint density at radius 1 is 1.04 bits per heavy atom. The fourth-order valence-electron chi connectivity index (χ4n) is 3.15. The Balaban J connectivity index is 1.71. The van der Waals surface area contributed by atoms with E-state index in [1.807, 2.05) is 54.6 Å². The number of fused-ring (bicyclic) bond motifs is 1. The van der Waals surface area contributed by atoms with Crippen LogP contribution in [-0.4, -0.2) is 28.1 Å². The quantitative estimate of drug-likeness (QED) is 0.903. The third-order valence-corrected chi connectivity index (χ3v) is 4.49. The van der Waals surface area contributed by atoms with E-state index in [4.69, 9.17) is 9.84 Å². The average Bonchev–Trinajstić information content (AvgIpc) is 2.64. The first kappa shape index (κ1) is 17.0. The maximum Gasteiger partial charge on any atom is 0.410 e. The highest BCUT2D eigenvalue weighted by molar-refractivity contribution is 5.69. The normalized spacial score (nSPS) is 16.2. The Hall–Kier alpha value is -2.82. The molecule has 130 valence electrons. The van der Waals surface area contributed by atoms with Crippen LogP contribution in [0.25, 0.3) is 0 Å². The molecule has 0 saturated heterocycles. The molecular weight excluding hydrogens is 318 g/mol. The first-order valence-electron chi connectivity index (χ1n) is 8.39. The van der Waals surface area contributed by atoms with Crippen molar-refractivity contribution in [3.8, 4) is 0 Å². The van der Waals surface area contributed by atoms with Crippen LogP contribution in [0.4, 0.5) is 4.79 Å². The Labute approximate surface area is 146 Å². The molecule has 1 aliphatic heterocycles. The van der Waals surface area contributed by atoms with Gasteiger partial charge in [-0.25, -0.2) is 4.79 Å². The first-order chi connectivity index (χ1) is 12.1. The zero-order chi connectivity index (χ0) is 17.6. The lowest BCUT2D eigenvalue weighted by molar-refractivity contribution is -0.137. The number of benzene rings is 2. The van der Waals surface area contributed by atoms with E-state index in [1.54, 1.807) is 4.90 Å². The van der Waals surface area contributed by atoms with Crippen LogP contribution in [0.1, 0.15) is 29.5 Å². The van der Waals surface area contributed by atoms with Gasteiger partial charge in [0.1, 0.15) is 6.61 Å². The zero-order valence-electron chi connectivity index (χ0n) is 13.9. The number of carboxylic acid groups (broad SMARTS) is 1. The number of ether oxygens (including phenoxy) is 1. The molecule has 1 aliphatic rings. The minimum atomic E-state index is -0.850. The minimum absolute atomic E-state index is 0.0370. The van der Waals surface area contributed by atoms with Gasteiger partial charge in [0, 0.05) is 19.0 Å². The number of hydrogen-bond donors (Lipinski definition) is 1. The Bertz CT molecular complexity index is 744. The number of amides is 1. The Morgan fingerprint density at radius 3 is 2.44 bits per heavy atom. The van der Waals surface area contributed by atoms with Crippen molar-refractivity contribution < 1.29 is 19.4 Å². The molecule has 0 radical (unpaired) electrons. The lowest BCUT2D eigenvalue weighted by Crippen LogP contribution is -2.44.